The molecule has 0 atom stereocenters. The Kier molecular flexibility index (Phi) is 5.25. The lowest BCUT2D eigenvalue weighted by molar-refractivity contribution is 0.255. The Labute approximate surface area is 129 Å². The Bertz CT molecular complexity index is 475. The van der Waals surface area contributed by atoms with Crippen molar-refractivity contribution in [2.45, 2.75) is 31.8 Å². The molecule has 0 saturated heterocycles. The minimum Gasteiger partial charge on any atom is -0.315 e. The van der Waals surface area contributed by atoms with E-state index in [1.54, 1.807) is 11.3 Å². The first-order valence-electron chi connectivity index (χ1n) is 7.40. The van der Waals surface area contributed by atoms with Crippen LogP contribution in [0.15, 0.2) is 34.3 Å². The summed E-state index contributed by atoms with van der Waals surface area (Å²) in [5, 5.41) is 10.2. The van der Waals surface area contributed by atoms with Crippen LogP contribution in [0.25, 0.3) is 0 Å². The van der Waals surface area contributed by atoms with Crippen LogP contribution >= 0.6 is 22.7 Å². The van der Waals surface area contributed by atoms with E-state index >= 15 is 0 Å². The topological polar surface area (TPSA) is 15.3 Å². The molecule has 0 bridgehead atoms. The van der Waals surface area contributed by atoms with E-state index in [0.717, 1.165) is 32.1 Å². The first-order valence-corrected chi connectivity index (χ1v) is 9.22. The standard InChI is InChI=1S/C16H22N2S2/c1-2-16(20-10-1)5-7-17-8-9-18(15-3-4-15)12-14-6-11-19-13-14/h1-2,6,10-11,13,15,17H,3-5,7-9,12H2. The number of rotatable bonds is 9. The van der Waals surface area contributed by atoms with Gasteiger partial charge in [-0.15, -0.1) is 11.3 Å². The molecule has 1 saturated carbocycles. The maximum Gasteiger partial charge on any atom is 0.0245 e. The second kappa shape index (κ2) is 7.36. The third kappa shape index (κ3) is 4.42. The second-order valence-corrected chi connectivity index (χ2v) is 7.22. The van der Waals surface area contributed by atoms with Gasteiger partial charge >= 0.3 is 0 Å². The van der Waals surface area contributed by atoms with E-state index in [2.05, 4.69) is 44.6 Å². The predicted molar refractivity (Wildman–Crippen MR) is 88.6 cm³/mol. The van der Waals surface area contributed by atoms with Crippen LogP contribution in [0.4, 0.5) is 0 Å². The van der Waals surface area contributed by atoms with E-state index in [9.17, 15) is 0 Å². The number of nitrogens with zero attached hydrogens (tertiary/aromatic N) is 1. The summed E-state index contributed by atoms with van der Waals surface area (Å²) in [5.41, 5.74) is 1.47. The van der Waals surface area contributed by atoms with Crippen LogP contribution in [0.3, 0.4) is 0 Å². The highest BCUT2D eigenvalue weighted by atomic mass is 32.1. The number of hydrogen-bond donors (Lipinski definition) is 1. The highest BCUT2D eigenvalue weighted by Gasteiger charge is 2.28. The lowest BCUT2D eigenvalue weighted by Gasteiger charge is -2.21. The van der Waals surface area contributed by atoms with Crippen molar-refractivity contribution in [2.75, 3.05) is 19.6 Å². The molecule has 2 nitrogen and oxygen atoms in total. The van der Waals surface area contributed by atoms with Gasteiger partial charge in [-0.25, -0.2) is 0 Å². The molecule has 0 aliphatic heterocycles. The van der Waals surface area contributed by atoms with Gasteiger partial charge in [0.25, 0.3) is 0 Å². The monoisotopic (exact) mass is 306 g/mol. The SMILES string of the molecule is c1csc(CCNCCN(Cc2ccsc2)C2CC2)c1. The van der Waals surface area contributed by atoms with Gasteiger partial charge in [0.2, 0.25) is 0 Å². The lowest BCUT2D eigenvalue weighted by atomic mass is 10.3. The smallest absolute Gasteiger partial charge is 0.0245 e. The minimum atomic E-state index is 0.842. The van der Waals surface area contributed by atoms with Crippen molar-refractivity contribution in [1.82, 2.24) is 10.2 Å². The van der Waals surface area contributed by atoms with Gasteiger partial charge in [0.05, 0.1) is 0 Å². The molecule has 20 heavy (non-hydrogen) atoms. The summed E-state index contributed by atoms with van der Waals surface area (Å²) in [7, 11) is 0. The van der Waals surface area contributed by atoms with Crippen LogP contribution < -0.4 is 5.32 Å². The Morgan fingerprint density at radius 1 is 1.20 bits per heavy atom. The average molecular weight is 307 g/mol. The van der Waals surface area contributed by atoms with Gasteiger partial charge in [-0.05, 0) is 53.1 Å². The van der Waals surface area contributed by atoms with Gasteiger partial charge in [-0.2, -0.15) is 11.3 Å². The molecule has 2 aromatic rings. The Balaban J connectivity index is 1.35. The molecule has 0 aromatic carbocycles. The zero-order valence-corrected chi connectivity index (χ0v) is 13.4. The van der Waals surface area contributed by atoms with Gasteiger partial charge < -0.3 is 5.32 Å². The predicted octanol–water partition coefficient (Wildman–Crippen LogP) is 3.61. The zero-order chi connectivity index (χ0) is 13.6. The van der Waals surface area contributed by atoms with Gasteiger partial charge in [-0.3, -0.25) is 4.90 Å². The summed E-state index contributed by atoms with van der Waals surface area (Å²) >= 11 is 3.66. The molecule has 0 amide bonds. The normalized spacial score (nSPS) is 15.1. The number of nitrogens with one attached hydrogen (secondary N) is 1. The summed E-state index contributed by atoms with van der Waals surface area (Å²) in [5.74, 6) is 0. The minimum absolute atomic E-state index is 0.842. The van der Waals surface area contributed by atoms with Crippen LogP contribution in [-0.2, 0) is 13.0 Å². The maximum atomic E-state index is 3.58. The summed E-state index contributed by atoms with van der Waals surface area (Å²) in [6.45, 7) is 4.50. The fraction of sp³-hybridized carbons (Fsp3) is 0.500. The fourth-order valence-corrected chi connectivity index (χ4v) is 3.83. The van der Waals surface area contributed by atoms with Crippen LogP contribution in [0.2, 0.25) is 0 Å². The van der Waals surface area contributed by atoms with Crippen molar-refractivity contribution in [3.8, 4) is 0 Å². The van der Waals surface area contributed by atoms with Crippen LogP contribution in [0.1, 0.15) is 23.3 Å². The molecular weight excluding hydrogens is 284 g/mol. The van der Waals surface area contributed by atoms with Crippen LogP contribution in [0, 0.1) is 0 Å². The van der Waals surface area contributed by atoms with E-state index in [-0.39, 0.29) is 0 Å². The van der Waals surface area contributed by atoms with Gasteiger partial charge in [0.1, 0.15) is 0 Å². The van der Waals surface area contributed by atoms with Crippen molar-refractivity contribution in [2.24, 2.45) is 0 Å². The molecule has 0 unspecified atom stereocenters. The second-order valence-electron chi connectivity index (χ2n) is 5.41. The van der Waals surface area contributed by atoms with E-state index in [1.807, 2.05) is 11.3 Å². The molecule has 3 rings (SSSR count). The Hall–Kier alpha value is -0.680. The number of thiophene rings is 2. The summed E-state index contributed by atoms with van der Waals surface area (Å²) in [6, 6.07) is 7.45. The highest BCUT2D eigenvalue weighted by molar-refractivity contribution is 7.09. The molecule has 0 spiro atoms. The molecule has 1 N–H and O–H groups in total. The van der Waals surface area contributed by atoms with E-state index < -0.39 is 0 Å². The van der Waals surface area contributed by atoms with E-state index in [4.69, 9.17) is 0 Å². The number of hydrogen-bond acceptors (Lipinski definition) is 4. The van der Waals surface area contributed by atoms with Crippen LogP contribution in [0.5, 0.6) is 0 Å². The molecule has 4 heteroatoms. The van der Waals surface area contributed by atoms with Gasteiger partial charge in [0, 0.05) is 37.1 Å². The van der Waals surface area contributed by atoms with Crippen molar-refractivity contribution < 1.29 is 0 Å². The summed E-state index contributed by atoms with van der Waals surface area (Å²) in [6.07, 6.45) is 3.93. The molecule has 108 valence electrons. The first-order chi connectivity index (χ1) is 9.92. The van der Waals surface area contributed by atoms with Crippen molar-refractivity contribution >= 4 is 22.7 Å². The zero-order valence-electron chi connectivity index (χ0n) is 11.8. The van der Waals surface area contributed by atoms with Crippen molar-refractivity contribution in [1.29, 1.82) is 0 Å². The van der Waals surface area contributed by atoms with E-state index in [1.165, 1.54) is 29.8 Å². The quantitative estimate of drug-likeness (QED) is 0.712. The van der Waals surface area contributed by atoms with Crippen molar-refractivity contribution in [3.05, 3.63) is 44.8 Å². The molecule has 1 fully saturated rings. The van der Waals surface area contributed by atoms with E-state index in [0.29, 0.717) is 0 Å². The van der Waals surface area contributed by atoms with Gasteiger partial charge in [0.15, 0.2) is 0 Å². The lowest BCUT2D eigenvalue weighted by Crippen LogP contribution is -2.34. The van der Waals surface area contributed by atoms with Crippen molar-refractivity contribution in [3.63, 3.8) is 0 Å². The van der Waals surface area contributed by atoms with Gasteiger partial charge in [-0.1, -0.05) is 6.07 Å². The largest absolute Gasteiger partial charge is 0.315 e. The fourth-order valence-electron chi connectivity index (χ4n) is 2.46. The highest BCUT2D eigenvalue weighted by Crippen LogP contribution is 2.28. The average Bonchev–Trinajstić information content (AvgIpc) is 2.96. The summed E-state index contributed by atoms with van der Waals surface area (Å²) < 4.78 is 0. The summed E-state index contributed by atoms with van der Waals surface area (Å²) in [4.78, 5) is 4.12. The third-order valence-corrected chi connectivity index (χ3v) is 5.40. The molecule has 1 aliphatic rings. The molecule has 2 aromatic heterocycles. The molecule has 2 heterocycles. The molecule has 0 radical (unpaired) electrons. The maximum absolute atomic E-state index is 3.58. The first kappa shape index (κ1) is 14.3. The molecule has 1 aliphatic carbocycles. The Morgan fingerprint density at radius 3 is 2.85 bits per heavy atom. The third-order valence-electron chi connectivity index (χ3n) is 3.73. The van der Waals surface area contributed by atoms with Crippen LogP contribution in [-0.4, -0.2) is 30.6 Å². The Morgan fingerprint density at radius 2 is 2.15 bits per heavy atom. The molecular formula is C16H22N2S2.